The van der Waals surface area contributed by atoms with Crippen LogP contribution in [0.5, 0.6) is 5.75 Å². The second-order valence-corrected chi connectivity index (χ2v) is 6.92. The molecule has 0 fully saturated rings. The van der Waals surface area contributed by atoms with Gasteiger partial charge in [-0.3, -0.25) is 13.9 Å². The number of fused-ring (bicyclic) bond motifs is 5. The molecule has 2 aromatic heterocycles. The first kappa shape index (κ1) is 20.6. The van der Waals surface area contributed by atoms with Crippen molar-refractivity contribution < 1.29 is 19.1 Å². The molecule has 3 heterocycles. The highest BCUT2D eigenvalue weighted by molar-refractivity contribution is 5.92. The first-order valence-electron chi connectivity index (χ1n) is 10.2. The Bertz CT molecular complexity index is 1140. The van der Waals surface area contributed by atoms with E-state index in [9.17, 15) is 9.59 Å². The van der Waals surface area contributed by atoms with Crippen LogP contribution in [0, 0.1) is 0 Å². The molecule has 10 heteroatoms. The van der Waals surface area contributed by atoms with Gasteiger partial charge in [-0.25, -0.2) is 9.78 Å². The number of carbonyl (C=O) groups excluding carboxylic acids is 2. The van der Waals surface area contributed by atoms with Crippen LogP contribution in [0.1, 0.15) is 47.6 Å². The predicted octanol–water partition coefficient (Wildman–Crippen LogP) is 2.16. The van der Waals surface area contributed by atoms with E-state index in [0.717, 1.165) is 11.3 Å². The molecule has 1 aliphatic heterocycles. The van der Waals surface area contributed by atoms with Gasteiger partial charge in [-0.15, -0.1) is 10.2 Å². The van der Waals surface area contributed by atoms with Gasteiger partial charge in [-0.1, -0.05) is 0 Å². The van der Waals surface area contributed by atoms with Crippen LogP contribution < -0.4 is 4.74 Å². The normalized spacial score (nSPS) is 11.7. The van der Waals surface area contributed by atoms with E-state index < -0.39 is 5.97 Å². The third-order valence-electron chi connectivity index (χ3n) is 5.34. The lowest BCUT2D eigenvalue weighted by Crippen LogP contribution is -2.33. The molecular weight excluding hydrogens is 400 g/mol. The zero-order chi connectivity index (χ0) is 22.1. The number of carbonyl (C=O) groups is 2. The van der Waals surface area contributed by atoms with Crippen molar-refractivity contribution >= 4 is 11.9 Å². The number of hydrogen-bond donors (Lipinski definition) is 0. The van der Waals surface area contributed by atoms with Gasteiger partial charge in [-0.2, -0.15) is 0 Å². The van der Waals surface area contributed by atoms with Crippen molar-refractivity contribution in [3.8, 4) is 22.8 Å². The van der Waals surface area contributed by atoms with E-state index in [4.69, 9.17) is 9.47 Å². The average Bonchev–Trinajstić information content (AvgIpc) is 3.36. The summed E-state index contributed by atoms with van der Waals surface area (Å²) >= 11 is 0. The summed E-state index contributed by atoms with van der Waals surface area (Å²) in [6, 6.07) is 5.52. The maximum atomic E-state index is 13.1. The Balaban J connectivity index is 1.95. The van der Waals surface area contributed by atoms with Gasteiger partial charge in [0.2, 0.25) is 5.82 Å². The zero-order valence-electron chi connectivity index (χ0n) is 18.0. The number of methoxy groups -OCH3 is 1. The summed E-state index contributed by atoms with van der Waals surface area (Å²) < 4.78 is 14.1. The van der Waals surface area contributed by atoms with E-state index in [0.29, 0.717) is 30.4 Å². The number of esters is 1. The summed E-state index contributed by atoms with van der Waals surface area (Å²) in [4.78, 5) is 31.6. The average molecular weight is 424 g/mol. The van der Waals surface area contributed by atoms with Crippen molar-refractivity contribution in [1.82, 2.24) is 29.2 Å². The molecule has 1 aliphatic rings. The molecule has 3 aromatic rings. The Morgan fingerprint density at radius 3 is 2.61 bits per heavy atom. The molecule has 1 aromatic carbocycles. The summed E-state index contributed by atoms with van der Waals surface area (Å²) in [5, 5.41) is 8.55. The fourth-order valence-corrected chi connectivity index (χ4v) is 3.75. The van der Waals surface area contributed by atoms with Crippen molar-refractivity contribution in [2.24, 2.45) is 0 Å². The van der Waals surface area contributed by atoms with Crippen molar-refractivity contribution in [1.29, 1.82) is 0 Å². The molecule has 0 unspecified atom stereocenters. The monoisotopic (exact) mass is 424 g/mol. The van der Waals surface area contributed by atoms with Crippen LogP contribution in [0.4, 0.5) is 0 Å². The smallest absolute Gasteiger partial charge is 0.358 e. The third kappa shape index (κ3) is 3.33. The van der Waals surface area contributed by atoms with E-state index in [1.807, 2.05) is 36.6 Å². The van der Waals surface area contributed by atoms with Gasteiger partial charge in [0.15, 0.2) is 11.5 Å². The van der Waals surface area contributed by atoms with E-state index in [1.165, 1.54) is 0 Å². The Labute approximate surface area is 179 Å². The van der Waals surface area contributed by atoms with Crippen LogP contribution >= 0.6 is 0 Å². The Morgan fingerprint density at radius 1 is 1.16 bits per heavy atom. The van der Waals surface area contributed by atoms with Crippen LogP contribution in [-0.2, 0) is 11.3 Å². The largest absolute Gasteiger partial charge is 0.497 e. The maximum absolute atomic E-state index is 13.1. The lowest BCUT2D eigenvalue weighted by Gasteiger charge is -2.18. The van der Waals surface area contributed by atoms with E-state index >= 15 is 0 Å². The van der Waals surface area contributed by atoms with Crippen LogP contribution in [-0.4, -0.2) is 67.9 Å². The summed E-state index contributed by atoms with van der Waals surface area (Å²) in [6.45, 7) is 7.09. The second kappa shape index (κ2) is 8.21. The second-order valence-electron chi connectivity index (χ2n) is 6.92. The predicted molar refractivity (Wildman–Crippen MR) is 111 cm³/mol. The number of benzene rings is 1. The molecule has 0 saturated heterocycles. The molecule has 10 nitrogen and oxygen atoms in total. The Morgan fingerprint density at radius 2 is 1.94 bits per heavy atom. The van der Waals surface area contributed by atoms with Crippen molar-refractivity contribution in [2.75, 3.05) is 26.8 Å². The Hall–Kier alpha value is -3.69. The van der Waals surface area contributed by atoms with Crippen LogP contribution in [0.2, 0.25) is 0 Å². The molecule has 4 rings (SSSR count). The first-order valence-corrected chi connectivity index (χ1v) is 10.2. The number of aromatic nitrogens is 5. The van der Waals surface area contributed by atoms with E-state index in [2.05, 4.69) is 15.2 Å². The quantitative estimate of drug-likeness (QED) is 0.437. The molecule has 0 spiro atoms. The maximum Gasteiger partial charge on any atom is 0.358 e. The molecule has 0 radical (unpaired) electrons. The molecule has 0 atom stereocenters. The summed E-state index contributed by atoms with van der Waals surface area (Å²) in [7, 11) is 1.58. The van der Waals surface area contributed by atoms with Crippen molar-refractivity contribution in [3.05, 3.63) is 41.7 Å². The van der Waals surface area contributed by atoms with Gasteiger partial charge >= 0.3 is 5.97 Å². The third-order valence-corrected chi connectivity index (χ3v) is 5.34. The lowest BCUT2D eigenvalue weighted by atomic mass is 10.1. The fourth-order valence-electron chi connectivity index (χ4n) is 3.75. The SMILES string of the molecule is CCOC(=O)c1ncn2c1Cn1c(C(=O)N(CC)CC)nnc1-c1cc(OC)ccc1-2. The lowest BCUT2D eigenvalue weighted by molar-refractivity contribution is 0.0518. The van der Waals surface area contributed by atoms with E-state index in [1.54, 1.807) is 29.8 Å². The summed E-state index contributed by atoms with van der Waals surface area (Å²) in [6.07, 6.45) is 1.58. The molecule has 0 aliphatic carbocycles. The van der Waals surface area contributed by atoms with Crippen LogP contribution in [0.15, 0.2) is 24.5 Å². The highest BCUT2D eigenvalue weighted by Gasteiger charge is 2.31. The zero-order valence-corrected chi connectivity index (χ0v) is 18.0. The number of ether oxygens (including phenoxy) is 2. The van der Waals surface area contributed by atoms with Crippen LogP contribution in [0.25, 0.3) is 17.1 Å². The topological polar surface area (TPSA) is 104 Å². The van der Waals surface area contributed by atoms with Crippen molar-refractivity contribution in [2.45, 2.75) is 27.3 Å². The summed E-state index contributed by atoms with van der Waals surface area (Å²) in [5.41, 5.74) is 2.27. The number of amides is 1. The minimum atomic E-state index is -0.514. The fraction of sp³-hybridized carbons (Fsp3) is 0.381. The highest BCUT2D eigenvalue weighted by Crippen LogP contribution is 2.35. The van der Waals surface area contributed by atoms with Gasteiger partial charge < -0.3 is 14.4 Å². The molecular formula is C21H24N6O4. The number of hydrogen-bond acceptors (Lipinski definition) is 7. The van der Waals surface area contributed by atoms with Gasteiger partial charge in [0.25, 0.3) is 5.91 Å². The molecule has 31 heavy (non-hydrogen) atoms. The first-order chi connectivity index (χ1) is 15.0. The molecule has 0 bridgehead atoms. The molecule has 1 amide bonds. The van der Waals surface area contributed by atoms with Gasteiger partial charge in [0.05, 0.1) is 31.6 Å². The van der Waals surface area contributed by atoms with Gasteiger partial charge in [0, 0.05) is 18.7 Å². The van der Waals surface area contributed by atoms with Crippen molar-refractivity contribution in [3.63, 3.8) is 0 Å². The molecule has 0 saturated carbocycles. The summed E-state index contributed by atoms with van der Waals surface area (Å²) in [5.74, 6) is 0.622. The minimum absolute atomic E-state index is 0.190. The van der Waals surface area contributed by atoms with Crippen LogP contribution in [0.3, 0.4) is 0 Å². The molecule has 0 N–H and O–H groups in total. The van der Waals surface area contributed by atoms with Gasteiger partial charge in [0.1, 0.15) is 12.1 Å². The minimum Gasteiger partial charge on any atom is -0.497 e. The number of rotatable bonds is 6. The van der Waals surface area contributed by atoms with Gasteiger partial charge in [-0.05, 0) is 39.0 Å². The number of nitrogens with zero attached hydrogens (tertiary/aromatic N) is 6. The van der Waals surface area contributed by atoms with E-state index in [-0.39, 0.29) is 30.6 Å². The Kier molecular flexibility index (Phi) is 5.45. The molecule has 162 valence electrons. The highest BCUT2D eigenvalue weighted by atomic mass is 16.5. The standard InChI is InChI=1S/C21H24N6O4/c1-5-25(6-2)20(28)19-24-23-18-14-10-13(30-4)8-9-15(14)27-12-22-17(21(29)31-7-3)16(27)11-26(18)19/h8-10,12H,5-7,11H2,1-4H3. The number of imidazole rings is 1.